The molecule has 0 aliphatic carbocycles. The lowest BCUT2D eigenvalue weighted by atomic mass is 10.0. The number of rotatable bonds is 6. The van der Waals surface area contributed by atoms with E-state index < -0.39 is 5.60 Å². The van der Waals surface area contributed by atoms with E-state index in [2.05, 4.69) is 20.4 Å². The summed E-state index contributed by atoms with van der Waals surface area (Å²) in [6.07, 6.45) is 6.20. The van der Waals surface area contributed by atoms with Gasteiger partial charge in [0.15, 0.2) is 0 Å². The Balaban J connectivity index is 0. The zero-order valence-electron chi connectivity index (χ0n) is 11.8. The summed E-state index contributed by atoms with van der Waals surface area (Å²) >= 11 is 0. The highest BCUT2D eigenvalue weighted by atomic mass is 16.3. The lowest BCUT2D eigenvalue weighted by molar-refractivity contribution is 0.120. The number of hydrogen-bond donors (Lipinski definition) is 2. The van der Waals surface area contributed by atoms with E-state index in [4.69, 9.17) is 10.8 Å². The van der Waals surface area contributed by atoms with Crippen LogP contribution in [0.4, 0.5) is 0 Å². The summed E-state index contributed by atoms with van der Waals surface area (Å²) in [5.41, 5.74) is 5.87. The van der Waals surface area contributed by atoms with Crippen LogP contribution in [0.5, 0.6) is 0 Å². The molecule has 0 bridgehead atoms. The molecule has 0 aromatic carbocycles. The SMILES string of the molecule is C=C(C)C(C)(C)O.CCCCC(N)CCC. The molecule has 0 aromatic heterocycles. The van der Waals surface area contributed by atoms with E-state index in [0.29, 0.717) is 6.04 Å². The smallest absolute Gasteiger partial charge is 0.0795 e. The van der Waals surface area contributed by atoms with Gasteiger partial charge < -0.3 is 10.8 Å². The molecule has 0 spiro atoms. The average molecular weight is 229 g/mol. The van der Waals surface area contributed by atoms with Crippen LogP contribution in [0.3, 0.4) is 0 Å². The Morgan fingerprint density at radius 1 is 1.25 bits per heavy atom. The molecule has 2 heteroatoms. The van der Waals surface area contributed by atoms with Crippen LogP contribution in [0, 0.1) is 0 Å². The summed E-state index contributed by atoms with van der Waals surface area (Å²) in [4.78, 5) is 0. The number of hydrogen-bond acceptors (Lipinski definition) is 2. The van der Waals surface area contributed by atoms with Gasteiger partial charge >= 0.3 is 0 Å². The summed E-state index contributed by atoms with van der Waals surface area (Å²) in [5.74, 6) is 0. The van der Waals surface area contributed by atoms with Crippen molar-refractivity contribution in [2.75, 3.05) is 0 Å². The van der Waals surface area contributed by atoms with E-state index in [1.54, 1.807) is 20.8 Å². The molecule has 98 valence electrons. The normalized spacial score (nSPS) is 12.7. The first-order chi connectivity index (χ1) is 7.25. The average Bonchev–Trinajstić information content (AvgIpc) is 2.14. The standard InChI is InChI=1S/C8H19N.C6H12O/c1-3-5-7-8(9)6-4-2;1-5(2)6(3,4)7/h8H,3-7,9H2,1-2H3;7H,1H2,2-4H3. The first-order valence-corrected chi connectivity index (χ1v) is 6.39. The van der Waals surface area contributed by atoms with Crippen molar-refractivity contribution in [3.05, 3.63) is 12.2 Å². The van der Waals surface area contributed by atoms with Crippen molar-refractivity contribution in [3.8, 4) is 0 Å². The van der Waals surface area contributed by atoms with Crippen molar-refractivity contribution >= 4 is 0 Å². The molecule has 0 saturated carbocycles. The second-order valence-electron chi connectivity index (χ2n) is 5.03. The molecular formula is C14H31NO. The number of unbranched alkanes of at least 4 members (excludes halogenated alkanes) is 1. The Morgan fingerprint density at radius 3 is 1.94 bits per heavy atom. The van der Waals surface area contributed by atoms with Crippen LogP contribution in [-0.2, 0) is 0 Å². The Morgan fingerprint density at radius 2 is 1.69 bits per heavy atom. The summed E-state index contributed by atoms with van der Waals surface area (Å²) in [6.45, 7) is 13.2. The first kappa shape index (κ1) is 18.0. The molecule has 0 rings (SSSR count). The predicted molar refractivity (Wildman–Crippen MR) is 73.5 cm³/mol. The Bertz CT molecular complexity index is 170. The molecule has 0 aliphatic heterocycles. The van der Waals surface area contributed by atoms with Gasteiger partial charge in [-0.1, -0.05) is 39.7 Å². The summed E-state index contributed by atoms with van der Waals surface area (Å²) < 4.78 is 0. The minimum absolute atomic E-state index is 0.468. The lowest BCUT2D eigenvalue weighted by Crippen LogP contribution is -2.18. The molecule has 16 heavy (non-hydrogen) atoms. The minimum atomic E-state index is -0.694. The quantitative estimate of drug-likeness (QED) is 0.683. The molecule has 0 radical (unpaired) electrons. The van der Waals surface area contributed by atoms with Gasteiger partial charge in [-0.3, -0.25) is 0 Å². The van der Waals surface area contributed by atoms with Gasteiger partial charge in [0.1, 0.15) is 0 Å². The highest BCUT2D eigenvalue weighted by Crippen LogP contribution is 2.10. The second-order valence-corrected chi connectivity index (χ2v) is 5.03. The van der Waals surface area contributed by atoms with Crippen molar-refractivity contribution in [3.63, 3.8) is 0 Å². The Labute approximate surface area is 102 Å². The van der Waals surface area contributed by atoms with E-state index in [1.165, 1.54) is 32.1 Å². The maximum absolute atomic E-state index is 9.00. The fraction of sp³-hybridized carbons (Fsp3) is 0.857. The molecule has 1 unspecified atom stereocenters. The van der Waals surface area contributed by atoms with Gasteiger partial charge in [0.2, 0.25) is 0 Å². The van der Waals surface area contributed by atoms with Crippen LogP contribution < -0.4 is 5.73 Å². The molecule has 3 N–H and O–H groups in total. The van der Waals surface area contributed by atoms with E-state index >= 15 is 0 Å². The molecule has 0 aromatic rings. The largest absolute Gasteiger partial charge is 0.386 e. The number of nitrogens with two attached hydrogens (primary N) is 1. The second kappa shape index (κ2) is 9.86. The van der Waals surface area contributed by atoms with Crippen LogP contribution in [0.25, 0.3) is 0 Å². The van der Waals surface area contributed by atoms with Crippen LogP contribution >= 0.6 is 0 Å². The van der Waals surface area contributed by atoms with Crippen LogP contribution in [-0.4, -0.2) is 16.7 Å². The van der Waals surface area contributed by atoms with Crippen molar-refractivity contribution in [2.24, 2.45) is 5.73 Å². The van der Waals surface area contributed by atoms with Gasteiger partial charge in [0.25, 0.3) is 0 Å². The van der Waals surface area contributed by atoms with Gasteiger partial charge in [-0.05, 0) is 39.2 Å². The third-order valence-corrected chi connectivity index (χ3v) is 2.63. The van der Waals surface area contributed by atoms with Gasteiger partial charge in [-0.2, -0.15) is 0 Å². The van der Waals surface area contributed by atoms with E-state index in [0.717, 1.165) is 5.57 Å². The molecule has 0 saturated heterocycles. The van der Waals surface area contributed by atoms with Crippen LogP contribution in [0.2, 0.25) is 0 Å². The predicted octanol–water partition coefficient (Wildman–Crippen LogP) is 3.64. The zero-order chi connectivity index (χ0) is 13.2. The maximum Gasteiger partial charge on any atom is 0.0795 e. The highest BCUT2D eigenvalue weighted by Gasteiger charge is 2.11. The van der Waals surface area contributed by atoms with E-state index in [-0.39, 0.29) is 0 Å². The zero-order valence-corrected chi connectivity index (χ0v) is 11.8. The lowest BCUT2D eigenvalue weighted by Gasteiger charge is -2.15. The minimum Gasteiger partial charge on any atom is -0.386 e. The summed E-state index contributed by atoms with van der Waals surface area (Å²) in [5, 5.41) is 9.00. The van der Waals surface area contributed by atoms with Gasteiger partial charge in [0.05, 0.1) is 5.60 Å². The molecule has 0 fully saturated rings. The molecule has 0 amide bonds. The summed E-state index contributed by atoms with van der Waals surface area (Å²) in [7, 11) is 0. The first-order valence-electron chi connectivity index (χ1n) is 6.39. The number of aliphatic hydroxyl groups is 1. The van der Waals surface area contributed by atoms with E-state index in [1.807, 2.05) is 0 Å². The van der Waals surface area contributed by atoms with Crippen molar-refractivity contribution in [2.45, 2.75) is 78.4 Å². The Kier molecular flexibility index (Phi) is 11.1. The van der Waals surface area contributed by atoms with Gasteiger partial charge in [-0.15, -0.1) is 0 Å². The third kappa shape index (κ3) is 13.7. The summed E-state index contributed by atoms with van der Waals surface area (Å²) in [6, 6.07) is 0.468. The fourth-order valence-corrected chi connectivity index (χ4v) is 0.981. The van der Waals surface area contributed by atoms with Crippen molar-refractivity contribution in [1.82, 2.24) is 0 Å². The third-order valence-electron chi connectivity index (χ3n) is 2.63. The van der Waals surface area contributed by atoms with Gasteiger partial charge in [0, 0.05) is 6.04 Å². The van der Waals surface area contributed by atoms with Crippen molar-refractivity contribution < 1.29 is 5.11 Å². The van der Waals surface area contributed by atoms with Crippen LogP contribution in [0.15, 0.2) is 12.2 Å². The Hall–Kier alpha value is -0.340. The molecule has 2 nitrogen and oxygen atoms in total. The molecule has 0 aliphatic rings. The van der Waals surface area contributed by atoms with Gasteiger partial charge in [-0.25, -0.2) is 0 Å². The monoisotopic (exact) mass is 229 g/mol. The highest BCUT2D eigenvalue weighted by molar-refractivity contribution is 5.03. The van der Waals surface area contributed by atoms with E-state index in [9.17, 15) is 0 Å². The molecular weight excluding hydrogens is 198 g/mol. The van der Waals surface area contributed by atoms with Crippen LogP contribution in [0.1, 0.15) is 66.7 Å². The fourth-order valence-electron chi connectivity index (χ4n) is 0.981. The molecule has 1 atom stereocenters. The van der Waals surface area contributed by atoms with Crippen molar-refractivity contribution in [1.29, 1.82) is 0 Å². The molecule has 0 heterocycles. The maximum atomic E-state index is 9.00. The topological polar surface area (TPSA) is 46.2 Å².